The number of nitrogens with one attached hydrogen (secondary N) is 2. The molecule has 1 saturated heterocycles. The molecule has 0 aliphatic carbocycles. The van der Waals surface area contributed by atoms with E-state index in [9.17, 15) is 19.2 Å². The van der Waals surface area contributed by atoms with Gasteiger partial charge in [-0.05, 0) is 36.4 Å². The molecule has 4 amide bonds. The van der Waals surface area contributed by atoms with Crippen molar-refractivity contribution in [3.63, 3.8) is 0 Å². The van der Waals surface area contributed by atoms with Crippen molar-refractivity contribution < 1.29 is 19.2 Å². The number of nitrogens with zero attached hydrogens (tertiary/aromatic N) is 1. The highest BCUT2D eigenvalue weighted by Gasteiger charge is 2.35. The fourth-order valence-electron chi connectivity index (χ4n) is 3.03. The summed E-state index contributed by atoms with van der Waals surface area (Å²) >= 11 is 3.38. The lowest BCUT2D eigenvalue weighted by molar-refractivity contribution is -0.122. The molecule has 8 nitrogen and oxygen atoms in total. The van der Waals surface area contributed by atoms with Crippen molar-refractivity contribution in [2.75, 3.05) is 23.3 Å². The van der Waals surface area contributed by atoms with Gasteiger partial charge in [-0.1, -0.05) is 28.1 Å². The standard InChI is InChI=1S/C20H19BrN4O4/c21-14-4-2-6-16(9-14)25-11-13(8-18(25)27)20(29)24-15-5-1-3-12(7-15)19(28)23-10-17(22)26/h1-7,9,13H,8,10-11H2,(H2,22,26)(H,23,28)(H,24,29). The zero-order valence-electron chi connectivity index (χ0n) is 15.4. The highest BCUT2D eigenvalue weighted by Crippen LogP contribution is 2.28. The number of carbonyl (C=O) groups is 4. The van der Waals surface area contributed by atoms with E-state index in [2.05, 4.69) is 26.6 Å². The summed E-state index contributed by atoms with van der Waals surface area (Å²) in [6, 6.07) is 13.6. The monoisotopic (exact) mass is 458 g/mol. The van der Waals surface area contributed by atoms with Crippen LogP contribution in [0.15, 0.2) is 53.0 Å². The molecule has 1 fully saturated rings. The smallest absolute Gasteiger partial charge is 0.251 e. The average Bonchev–Trinajstić information content (AvgIpc) is 3.08. The quantitative estimate of drug-likeness (QED) is 0.608. The normalized spacial score (nSPS) is 15.8. The Labute approximate surface area is 175 Å². The first-order valence-electron chi connectivity index (χ1n) is 8.87. The fourth-order valence-corrected chi connectivity index (χ4v) is 3.42. The van der Waals surface area contributed by atoms with Crippen LogP contribution in [0.2, 0.25) is 0 Å². The topological polar surface area (TPSA) is 122 Å². The fraction of sp³-hybridized carbons (Fsp3) is 0.200. The number of amides is 4. The third-order valence-corrected chi connectivity index (χ3v) is 4.92. The third-order valence-electron chi connectivity index (χ3n) is 4.43. The number of benzene rings is 2. The summed E-state index contributed by atoms with van der Waals surface area (Å²) in [5.41, 5.74) is 6.45. The van der Waals surface area contributed by atoms with Gasteiger partial charge < -0.3 is 21.3 Å². The zero-order chi connectivity index (χ0) is 21.0. The largest absolute Gasteiger partial charge is 0.368 e. The van der Waals surface area contributed by atoms with Crippen LogP contribution >= 0.6 is 15.9 Å². The van der Waals surface area contributed by atoms with Gasteiger partial charge in [-0.3, -0.25) is 19.2 Å². The lowest BCUT2D eigenvalue weighted by atomic mass is 10.1. The van der Waals surface area contributed by atoms with Gasteiger partial charge in [0.15, 0.2) is 0 Å². The van der Waals surface area contributed by atoms with Gasteiger partial charge in [0.1, 0.15) is 0 Å². The molecule has 1 aliphatic rings. The molecule has 0 bridgehead atoms. The molecule has 29 heavy (non-hydrogen) atoms. The zero-order valence-corrected chi connectivity index (χ0v) is 16.9. The van der Waals surface area contributed by atoms with E-state index in [1.54, 1.807) is 23.1 Å². The second-order valence-electron chi connectivity index (χ2n) is 6.60. The van der Waals surface area contributed by atoms with Crippen LogP contribution in [0.1, 0.15) is 16.8 Å². The first-order chi connectivity index (χ1) is 13.8. The minimum atomic E-state index is -0.649. The van der Waals surface area contributed by atoms with Gasteiger partial charge in [0.25, 0.3) is 5.91 Å². The molecular formula is C20H19BrN4O4. The molecule has 4 N–H and O–H groups in total. The van der Waals surface area contributed by atoms with Gasteiger partial charge in [0.05, 0.1) is 12.5 Å². The van der Waals surface area contributed by atoms with Crippen LogP contribution in [-0.4, -0.2) is 36.7 Å². The second-order valence-corrected chi connectivity index (χ2v) is 7.52. The van der Waals surface area contributed by atoms with E-state index in [1.807, 2.05) is 24.3 Å². The molecule has 2 aromatic rings. The maximum Gasteiger partial charge on any atom is 0.251 e. The van der Waals surface area contributed by atoms with Crippen molar-refractivity contribution in [2.24, 2.45) is 11.7 Å². The molecule has 2 aromatic carbocycles. The Bertz CT molecular complexity index is 978. The lowest BCUT2D eigenvalue weighted by Gasteiger charge is -2.17. The summed E-state index contributed by atoms with van der Waals surface area (Å²) in [7, 11) is 0. The molecule has 0 spiro atoms. The maximum atomic E-state index is 12.6. The van der Waals surface area contributed by atoms with Crippen molar-refractivity contribution in [2.45, 2.75) is 6.42 Å². The number of nitrogens with two attached hydrogens (primary N) is 1. The summed E-state index contributed by atoms with van der Waals surface area (Å²) in [5, 5.41) is 5.14. The molecule has 1 heterocycles. The number of halogens is 1. The van der Waals surface area contributed by atoms with Crippen LogP contribution in [0.5, 0.6) is 0 Å². The van der Waals surface area contributed by atoms with Gasteiger partial charge in [0, 0.05) is 34.4 Å². The van der Waals surface area contributed by atoms with E-state index in [1.165, 1.54) is 6.07 Å². The van der Waals surface area contributed by atoms with Crippen molar-refractivity contribution in [3.8, 4) is 0 Å². The van der Waals surface area contributed by atoms with E-state index in [4.69, 9.17) is 5.73 Å². The predicted molar refractivity (Wildman–Crippen MR) is 111 cm³/mol. The van der Waals surface area contributed by atoms with E-state index in [0.29, 0.717) is 5.69 Å². The molecular weight excluding hydrogens is 440 g/mol. The Hall–Kier alpha value is -3.20. The first kappa shape index (κ1) is 20.5. The molecule has 1 atom stereocenters. The molecule has 1 unspecified atom stereocenters. The van der Waals surface area contributed by atoms with E-state index < -0.39 is 17.7 Å². The van der Waals surface area contributed by atoms with Crippen LogP contribution in [0.25, 0.3) is 0 Å². The van der Waals surface area contributed by atoms with Crippen molar-refractivity contribution in [3.05, 3.63) is 58.6 Å². The summed E-state index contributed by atoms with van der Waals surface area (Å²) in [5.74, 6) is -2.05. The Morgan fingerprint density at radius 1 is 1.14 bits per heavy atom. The SMILES string of the molecule is NC(=O)CNC(=O)c1cccc(NC(=O)C2CC(=O)N(c3cccc(Br)c3)C2)c1. The van der Waals surface area contributed by atoms with Gasteiger partial charge >= 0.3 is 0 Å². The van der Waals surface area contributed by atoms with Crippen molar-refractivity contribution in [1.82, 2.24) is 5.32 Å². The van der Waals surface area contributed by atoms with Crippen LogP contribution < -0.4 is 21.3 Å². The lowest BCUT2D eigenvalue weighted by Crippen LogP contribution is -2.33. The van der Waals surface area contributed by atoms with Crippen molar-refractivity contribution >= 4 is 50.9 Å². The summed E-state index contributed by atoms with van der Waals surface area (Å²) in [6.07, 6.45) is 0.108. The Kier molecular flexibility index (Phi) is 6.28. The van der Waals surface area contributed by atoms with Gasteiger partial charge in [-0.25, -0.2) is 0 Å². The van der Waals surface area contributed by atoms with E-state index >= 15 is 0 Å². The Morgan fingerprint density at radius 3 is 2.62 bits per heavy atom. The van der Waals surface area contributed by atoms with Gasteiger partial charge in [-0.15, -0.1) is 0 Å². The molecule has 3 rings (SSSR count). The summed E-state index contributed by atoms with van der Waals surface area (Å²) < 4.78 is 0.849. The molecule has 0 aromatic heterocycles. The van der Waals surface area contributed by atoms with Gasteiger partial charge in [-0.2, -0.15) is 0 Å². The molecule has 0 radical (unpaired) electrons. The summed E-state index contributed by atoms with van der Waals surface area (Å²) in [4.78, 5) is 49.4. The van der Waals surface area contributed by atoms with Crippen LogP contribution in [0.4, 0.5) is 11.4 Å². The van der Waals surface area contributed by atoms with Crippen LogP contribution in [-0.2, 0) is 14.4 Å². The predicted octanol–water partition coefficient (Wildman–Crippen LogP) is 1.66. The number of primary amides is 1. The second kappa shape index (κ2) is 8.87. The number of anilines is 2. The van der Waals surface area contributed by atoms with Crippen LogP contribution in [0, 0.1) is 5.92 Å². The molecule has 0 saturated carbocycles. The Morgan fingerprint density at radius 2 is 1.90 bits per heavy atom. The number of hydrogen-bond acceptors (Lipinski definition) is 4. The van der Waals surface area contributed by atoms with E-state index in [-0.39, 0.29) is 36.9 Å². The van der Waals surface area contributed by atoms with Gasteiger partial charge in [0.2, 0.25) is 17.7 Å². The van der Waals surface area contributed by atoms with E-state index in [0.717, 1.165) is 10.2 Å². The minimum Gasteiger partial charge on any atom is -0.368 e. The van der Waals surface area contributed by atoms with Crippen molar-refractivity contribution in [1.29, 1.82) is 0 Å². The average molecular weight is 459 g/mol. The van der Waals surface area contributed by atoms with Crippen LogP contribution in [0.3, 0.4) is 0 Å². The molecule has 150 valence electrons. The minimum absolute atomic E-state index is 0.108. The number of rotatable bonds is 6. The summed E-state index contributed by atoms with van der Waals surface area (Å²) in [6.45, 7) is 0.00491. The highest BCUT2D eigenvalue weighted by atomic mass is 79.9. The highest BCUT2D eigenvalue weighted by molar-refractivity contribution is 9.10. The number of hydrogen-bond donors (Lipinski definition) is 3. The number of carbonyl (C=O) groups excluding carboxylic acids is 4. The third kappa shape index (κ3) is 5.20. The Balaban J connectivity index is 1.65. The molecule has 9 heteroatoms. The molecule has 1 aliphatic heterocycles. The maximum absolute atomic E-state index is 12.6. The first-order valence-corrected chi connectivity index (χ1v) is 9.66.